The van der Waals surface area contributed by atoms with Gasteiger partial charge in [-0.1, -0.05) is 0 Å². The van der Waals surface area contributed by atoms with Gasteiger partial charge in [0.2, 0.25) is 0 Å². The van der Waals surface area contributed by atoms with Gasteiger partial charge in [0.25, 0.3) is 0 Å². The smallest absolute Gasteiger partial charge is 0.116 e. The molecule has 58 valence electrons. The number of hydrazone groups is 1. The summed E-state index contributed by atoms with van der Waals surface area (Å²) in [5.41, 5.74) is 5.11. The van der Waals surface area contributed by atoms with Gasteiger partial charge in [0.1, 0.15) is 12.2 Å². The molecule has 0 fully saturated rings. The standard InChI is InChI=1S/C6H14N4/c1-4-10(9-5-7)6(2)8-3/h5H,4H2,1-3H3,(H2,7,9). The van der Waals surface area contributed by atoms with E-state index in [-0.39, 0.29) is 0 Å². The van der Waals surface area contributed by atoms with E-state index >= 15 is 0 Å². The monoisotopic (exact) mass is 142 g/mol. The van der Waals surface area contributed by atoms with E-state index < -0.39 is 0 Å². The van der Waals surface area contributed by atoms with Gasteiger partial charge in [-0.05, 0) is 13.8 Å². The molecule has 0 bridgehead atoms. The third-order valence-corrected chi connectivity index (χ3v) is 1.20. The van der Waals surface area contributed by atoms with E-state index in [1.807, 2.05) is 13.8 Å². The zero-order chi connectivity index (χ0) is 7.98. The molecular weight excluding hydrogens is 128 g/mol. The lowest BCUT2D eigenvalue weighted by molar-refractivity contribution is 0.469. The molecule has 0 aromatic heterocycles. The second-order valence-corrected chi connectivity index (χ2v) is 1.75. The third kappa shape index (κ3) is 2.48. The van der Waals surface area contributed by atoms with E-state index in [0.717, 1.165) is 12.4 Å². The number of aliphatic imine (C=N–C) groups is 1. The maximum atomic E-state index is 5.11. The molecular formula is C6H14N4. The molecule has 0 heterocycles. The zero-order valence-electron chi connectivity index (χ0n) is 6.70. The Morgan fingerprint density at radius 3 is 2.60 bits per heavy atom. The molecule has 0 atom stereocenters. The van der Waals surface area contributed by atoms with Crippen LogP contribution in [0.1, 0.15) is 13.8 Å². The van der Waals surface area contributed by atoms with Crippen molar-refractivity contribution in [3.63, 3.8) is 0 Å². The van der Waals surface area contributed by atoms with Crippen molar-refractivity contribution >= 4 is 12.2 Å². The number of hydrogen-bond donors (Lipinski definition) is 1. The normalized spacial score (nSPS) is 12.5. The Balaban J connectivity index is 4.06. The molecule has 0 radical (unpaired) electrons. The first-order chi connectivity index (χ1) is 4.76. The molecule has 10 heavy (non-hydrogen) atoms. The SMILES string of the molecule is CCN(/N=C\N)C(C)=NC. The largest absolute Gasteiger partial charge is 0.388 e. The molecule has 0 saturated carbocycles. The third-order valence-electron chi connectivity index (χ3n) is 1.20. The van der Waals surface area contributed by atoms with Crippen LogP contribution in [0.3, 0.4) is 0 Å². The van der Waals surface area contributed by atoms with Crippen molar-refractivity contribution in [2.45, 2.75) is 13.8 Å². The second-order valence-electron chi connectivity index (χ2n) is 1.75. The second kappa shape index (κ2) is 4.78. The van der Waals surface area contributed by atoms with Gasteiger partial charge in [-0.3, -0.25) is 10.0 Å². The molecule has 0 aromatic rings. The van der Waals surface area contributed by atoms with E-state index in [1.54, 1.807) is 12.1 Å². The van der Waals surface area contributed by atoms with Crippen LogP contribution < -0.4 is 5.73 Å². The van der Waals surface area contributed by atoms with Gasteiger partial charge in [0, 0.05) is 13.6 Å². The number of hydrogen-bond acceptors (Lipinski definition) is 2. The van der Waals surface area contributed by atoms with Crippen LogP contribution >= 0.6 is 0 Å². The Bertz CT molecular complexity index is 139. The Morgan fingerprint density at radius 2 is 2.30 bits per heavy atom. The predicted molar refractivity (Wildman–Crippen MR) is 44.1 cm³/mol. The zero-order valence-corrected chi connectivity index (χ0v) is 6.70. The first-order valence-corrected chi connectivity index (χ1v) is 3.21. The summed E-state index contributed by atoms with van der Waals surface area (Å²) in [6.07, 6.45) is 1.26. The summed E-state index contributed by atoms with van der Waals surface area (Å²) in [6.45, 7) is 4.66. The van der Waals surface area contributed by atoms with Crippen LogP contribution in [0.15, 0.2) is 10.1 Å². The highest BCUT2D eigenvalue weighted by Gasteiger charge is 1.97. The first kappa shape index (κ1) is 8.94. The van der Waals surface area contributed by atoms with Crippen LogP contribution in [-0.4, -0.2) is 30.8 Å². The summed E-state index contributed by atoms with van der Waals surface area (Å²) in [7, 11) is 1.73. The highest BCUT2D eigenvalue weighted by atomic mass is 15.5. The van der Waals surface area contributed by atoms with Gasteiger partial charge in [0.05, 0.1) is 0 Å². The molecule has 4 heteroatoms. The van der Waals surface area contributed by atoms with Crippen LogP contribution in [-0.2, 0) is 0 Å². The fourth-order valence-electron chi connectivity index (χ4n) is 0.590. The molecule has 0 saturated heterocycles. The van der Waals surface area contributed by atoms with Crippen molar-refractivity contribution in [1.29, 1.82) is 0 Å². The molecule has 0 amide bonds. The van der Waals surface area contributed by atoms with Gasteiger partial charge in [-0.15, -0.1) is 0 Å². The van der Waals surface area contributed by atoms with Gasteiger partial charge in [0.15, 0.2) is 0 Å². The first-order valence-electron chi connectivity index (χ1n) is 3.21. The maximum Gasteiger partial charge on any atom is 0.116 e. The van der Waals surface area contributed by atoms with Crippen LogP contribution in [0.25, 0.3) is 0 Å². The molecule has 0 aliphatic rings. The van der Waals surface area contributed by atoms with E-state index in [9.17, 15) is 0 Å². The summed E-state index contributed by atoms with van der Waals surface area (Å²) in [4.78, 5) is 3.95. The van der Waals surface area contributed by atoms with E-state index in [0.29, 0.717) is 0 Å². The van der Waals surface area contributed by atoms with Crippen molar-refractivity contribution < 1.29 is 0 Å². The lowest BCUT2D eigenvalue weighted by Gasteiger charge is -2.14. The van der Waals surface area contributed by atoms with Crippen molar-refractivity contribution in [3.8, 4) is 0 Å². The molecule has 4 nitrogen and oxygen atoms in total. The number of nitrogens with zero attached hydrogens (tertiary/aromatic N) is 3. The Labute approximate surface area is 61.4 Å². The summed E-state index contributed by atoms with van der Waals surface area (Å²) in [5, 5.41) is 5.59. The topological polar surface area (TPSA) is 54.0 Å². The minimum atomic E-state index is 0.789. The van der Waals surface area contributed by atoms with E-state index in [2.05, 4.69) is 10.1 Å². The maximum absolute atomic E-state index is 5.11. The number of amidine groups is 1. The Kier molecular flexibility index (Phi) is 4.28. The minimum Gasteiger partial charge on any atom is -0.388 e. The molecule has 0 spiro atoms. The highest BCUT2D eigenvalue weighted by molar-refractivity contribution is 5.79. The summed E-state index contributed by atoms with van der Waals surface area (Å²) >= 11 is 0. The van der Waals surface area contributed by atoms with Crippen LogP contribution in [0.2, 0.25) is 0 Å². The van der Waals surface area contributed by atoms with Crippen LogP contribution in [0, 0.1) is 0 Å². The lowest BCUT2D eigenvalue weighted by atomic mass is 10.6. The van der Waals surface area contributed by atoms with Gasteiger partial charge >= 0.3 is 0 Å². The molecule has 0 rings (SSSR count). The average molecular weight is 142 g/mol. The van der Waals surface area contributed by atoms with Crippen LogP contribution in [0.5, 0.6) is 0 Å². The van der Waals surface area contributed by atoms with Crippen molar-refractivity contribution in [2.24, 2.45) is 15.8 Å². The molecule has 0 aromatic carbocycles. The van der Waals surface area contributed by atoms with E-state index in [1.165, 1.54) is 6.34 Å². The van der Waals surface area contributed by atoms with Crippen molar-refractivity contribution in [3.05, 3.63) is 0 Å². The number of rotatable bonds is 2. The van der Waals surface area contributed by atoms with Crippen LogP contribution in [0.4, 0.5) is 0 Å². The summed E-state index contributed by atoms with van der Waals surface area (Å²) in [5.74, 6) is 0.865. The highest BCUT2D eigenvalue weighted by Crippen LogP contribution is 1.89. The summed E-state index contributed by atoms with van der Waals surface area (Å²) in [6, 6.07) is 0. The number of nitrogens with two attached hydrogens (primary N) is 1. The Morgan fingerprint density at radius 1 is 1.70 bits per heavy atom. The molecule has 0 aliphatic carbocycles. The lowest BCUT2D eigenvalue weighted by Crippen LogP contribution is -2.23. The fraction of sp³-hybridized carbons (Fsp3) is 0.667. The van der Waals surface area contributed by atoms with Crippen molar-refractivity contribution in [1.82, 2.24) is 5.01 Å². The Hall–Kier alpha value is -1.06. The van der Waals surface area contributed by atoms with Gasteiger partial charge in [-0.2, -0.15) is 5.10 Å². The van der Waals surface area contributed by atoms with E-state index in [4.69, 9.17) is 5.73 Å². The predicted octanol–water partition coefficient (Wildman–Crippen LogP) is 0.259. The average Bonchev–Trinajstić information content (AvgIpc) is 1.99. The molecule has 2 N–H and O–H groups in total. The minimum absolute atomic E-state index is 0.789. The van der Waals surface area contributed by atoms with Crippen molar-refractivity contribution in [2.75, 3.05) is 13.6 Å². The molecule has 0 aliphatic heterocycles. The molecule has 0 unspecified atom stereocenters. The summed E-state index contributed by atoms with van der Waals surface area (Å²) < 4.78 is 0. The quantitative estimate of drug-likeness (QED) is 0.341. The van der Waals surface area contributed by atoms with Gasteiger partial charge < -0.3 is 5.73 Å². The fourth-order valence-corrected chi connectivity index (χ4v) is 0.590. The van der Waals surface area contributed by atoms with Gasteiger partial charge in [-0.25, -0.2) is 0 Å².